The van der Waals surface area contributed by atoms with Gasteiger partial charge in [0.25, 0.3) is 0 Å². The second-order valence-electron chi connectivity index (χ2n) is 2.76. The summed E-state index contributed by atoms with van der Waals surface area (Å²) in [4.78, 5) is 23.0. The SMILES string of the molecule is CCOC(=O)N(C[C]=O)c1ccccc1. The number of anilines is 1. The Morgan fingerprint density at radius 1 is 1.40 bits per heavy atom. The smallest absolute Gasteiger partial charge is 0.414 e. The Morgan fingerprint density at radius 3 is 2.60 bits per heavy atom. The first-order valence-corrected chi connectivity index (χ1v) is 4.64. The van der Waals surface area contributed by atoms with Crippen molar-refractivity contribution in [2.45, 2.75) is 6.92 Å². The quantitative estimate of drug-likeness (QED) is 0.754. The maximum Gasteiger partial charge on any atom is 0.414 e. The van der Waals surface area contributed by atoms with Crippen molar-refractivity contribution in [2.75, 3.05) is 18.1 Å². The zero-order valence-corrected chi connectivity index (χ0v) is 8.47. The molecule has 0 saturated carbocycles. The van der Waals surface area contributed by atoms with Crippen molar-refractivity contribution in [3.63, 3.8) is 0 Å². The molecule has 0 bridgehead atoms. The van der Waals surface area contributed by atoms with Gasteiger partial charge in [0.05, 0.1) is 13.2 Å². The van der Waals surface area contributed by atoms with Crippen molar-refractivity contribution in [2.24, 2.45) is 0 Å². The summed E-state index contributed by atoms with van der Waals surface area (Å²) in [5, 5.41) is 0. The Hall–Kier alpha value is -1.84. The third-order valence-electron chi connectivity index (χ3n) is 1.78. The standard InChI is InChI=1S/C11H12NO3/c1-2-15-11(14)12(8-9-13)10-6-4-3-5-7-10/h3-7H,2,8H2,1H3. The van der Waals surface area contributed by atoms with Crippen molar-refractivity contribution in [1.82, 2.24) is 0 Å². The van der Waals surface area contributed by atoms with Crippen LogP contribution in [0.15, 0.2) is 30.3 Å². The summed E-state index contributed by atoms with van der Waals surface area (Å²) in [5.41, 5.74) is 0.624. The first kappa shape index (κ1) is 11.2. The third kappa shape index (κ3) is 3.09. The van der Waals surface area contributed by atoms with E-state index in [4.69, 9.17) is 4.74 Å². The van der Waals surface area contributed by atoms with E-state index in [1.165, 1.54) is 4.90 Å². The maximum atomic E-state index is 11.5. The van der Waals surface area contributed by atoms with Crippen molar-refractivity contribution in [1.29, 1.82) is 0 Å². The summed E-state index contributed by atoms with van der Waals surface area (Å²) in [6, 6.07) is 8.86. The van der Waals surface area contributed by atoms with Crippen LogP contribution in [-0.2, 0) is 9.53 Å². The highest BCUT2D eigenvalue weighted by molar-refractivity contribution is 5.90. The lowest BCUT2D eigenvalue weighted by Crippen LogP contribution is -2.33. The van der Waals surface area contributed by atoms with E-state index in [1.807, 2.05) is 6.07 Å². The average Bonchev–Trinajstić information content (AvgIpc) is 2.27. The molecule has 0 aromatic heterocycles. The Morgan fingerprint density at radius 2 is 2.07 bits per heavy atom. The molecular formula is C11H12NO3. The summed E-state index contributed by atoms with van der Waals surface area (Å²) >= 11 is 0. The normalized spacial score (nSPS) is 9.40. The van der Waals surface area contributed by atoms with Crippen LogP contribution in [0.5, 0.6) is 0 Å². The first-order valence-electron chi connectivity index (χ1n) is 4.64. The number of benzene rings is 1. The molecule has 0 N–H and O–H groups in total. The van der Waals surface area contributed by atoms with Crippen molar-refractivity contribution in [3.8, 4) is 0 Å². The number of ether oxygens (including phenoxy) is 1. The fourth-order valence-electron chi connectivity index (χ4n) is 1.14. The molecule has 4 heteroatoms. The van der Waals surface area contributed by atoms with Crippen LogP contribution in [0.4, 0.5) is 10.5 Å². The molecule has 0 saturated heterocycles. The highest BCUT2D eigenvalue weighted by Crippen LogP contribution is 2.13. The highest BCUT2D eigenvalue weighted by atomic mass is 16.6. The molecule has 1 radical (unpaired) electrons. The Balaban J connectivity index is 2.82. The predicted octanol–water partition coefficient (Wildman–Crippen LogP) is 1.76. The van der Waals surface area contributed by atoms with E-state index in [-0.39, 0.29) is 13.2 Å². The zero-order chi connectivity index (χ0) is 11.1. The molecule has 0 atom stereocenters. The molecule has 79 valence electrons. The molecule has 0 heterocycles. The minimum absolute atomic E-state index is 0.122. The minimum atomic E-state index is -0.535. The molecular weight excluding hydrogens is 194 g/mol. The van der Waals surface area contributed by atoms with Crippen LogP contribution in [0, 0.1) is 0 Å². The molecule has 1 aromatic rings. The van der Waals surface area contributed by atoms with E-state index in [1.54, 1.807) is 37.5 Å². The van der Waals surface area contributed by atoms with E-state index >= 15 is 0 Å². The largest absolute Gasteiger partial charge is 0.449 e. The lowest BCUT2D eigenvalue weighted by Gasteiger charge is -2.18. The van der Waals surface area contributed by atoms with Gasteiger partial charge in [-0.05, 0) is 19.1 Å². The molecule has 4 nitrogen and oxygen atoms in total. The summed E-state index contributed by atoms with van der Waals surface area (Å²) in [7, 11) is 0. The van der Waals surface area contributed by atoms with Gasteiger partial charge in [-0.25, -0.2) is 4.79 Å². The minimum Gasteiger partial charge on any atom is -0.449 e. The van der Waals surface area contributed by atoms with Crippen LogP contribution in [0.2, 0.25) is 0 Å². The van der Waals surface area contributed by atoms with Gasteiger partial charge < -0.3 is 4.74 Å². The number of nitrogens with zero attached hydrogens (tertiary/aromatic N) is 1. The Labute approximate surface area is 88.5 Å². The Kier molecular flexibility index (Phi) is 4.34. The highest BCUT2D eigenvalue weighted by Gasteiger charge is 2.15. The van der Waals surface area contributed by atoms with Gasteiger partial charge in [0.15, 0.2) is 0 Å². The van der Waals surface area contributed by atoms with Crippen LogP contribution in [0.1, 0.15) is 6.92 Å². The van der Waals surface area contributed by atoms with E-state index < -0.39 is 6.09 Å². The zero-order valence-electron chi connectivity index (χ0n) is 8.47. The Bertz CT molecular complexity index is 324. The summed E-state index contributed by atoms with van der Waals surface area (Å²) < 4.78 is 4.82. The average molecular weight is 206 g/mol. The van der Waals surface area contributed by atoms with Gasteiger partial charge in [0.2, 0.25) is 6.29 Å². The fraction of sp³-hybridized carbons (Fsp3) is 0.273. The second-order valence-corrected chi connectivity index (χ2v) is 2.76. The first-order chi connectivity index (χ1) is 7.29. The van der Waals surface area contributed by atoms with Crippen molar-refractivity contribution < 1.29 is 14.3 Å². The third-order valence-corrected chi connectivity index (χ3v) is 1.78. The lowest BCUT2D eigenvalue weighted by atomic mass is 10.3. The summed E-state index contributed by atoms with van der Waals surface area (Å²) in [6.45, 7) is 1.87. The molecule has 1 aromatic carbocycles. The van der Waals surface area contributed by atoms with Crippen LogP contribution < -0.4 is 4.90 Å². The van der Waals surface area contributed by atoms with E-state index in [2.05, 4.69) is 0 Å². The van der Waals surface area contributed by atoms with Gasteiger partial charge in [0.1, 0.15) is 0 Å². The number of carbonyl (C=O) groups is 1. The van der Waals surface area contributed by atoms with Gasteiger partial charge in [-0.2, -0.15) is 0 Å². The van der Waals surface area contributed by atoms with E-state index in [0.29, 0.717) is 5.69 Å². The van der Waals surface area contributed by atoms with Crippen molar-refractivity contribution in [3.05, 3.63) is 30.3 Å². The lowest BCUT2D eigenvalue weighted by molar-refractivity contribution is 0.160. The van der Waals surface area contributed by atoms with Gasteiger partial charge in [-0.15, -0.1) is 0 Å². The van der Waals surface area contributed by atoms with Gasteiger partial charge in [-0.3, -0.25) is 9.69 Å². The molecule has 0 spiro atoms. The summed E-state index contributed by atoms with van der Waals surface area (Å²) in [5.74, 6) is 0. The van der Waals surface area contributed by atoms with Crippen LogP contribution in [0.25, 0.3) is 0 Å². The number of carbonyl (C=O) groups excluding carboxylic acids is 2. The molecule has 0 unspecified atom stereocenters. The molecule has 1 amide bonds. The van der Waals surface area contributed by atoms with Crippen LogP contribution in [0.3, 0.4) is 0 Å². The predicted molar refractivity (Wildman–Crippen MR) is 56.5 cm³/mol. The number of para-hydroxylation sites is 1. The fourth-order valence-corrected chi connectivity index (χ4v) is 1.14. The number of hydrogen-bond donors (Lipinski definition) is 0. The van der Waals surface area contributed by atoms with Gasteiger partial charge in [-0.1, -0.05) is 18.2 Å². The molecule has 1 rings (SSSR count). The number of rotatable bonds is 4. The van der Waals surface area contributed by atoms with Gasteiger partial charge >= 0.3 is 6.09 Å². The summed E-state index contributed by atoms with van der Waals surface area (Å²) in [6.07, 6.45) is 1.15. The maximum absolute atomic E-state index is 11.5. The van der Waals surface area contributed by atoms with Crippen LogP contribution >= 0.6 is 0 Å². The molecule has 0 aliphatic carbocycles. The number of hydrogen-bond acceptors (Lipinski definition) is 3. The van der Waals surface area contributed by atoms with E-state index in [0.717, 1.165) is 0 Å². The second kappa shape index (κ2) is 5.80. The number of amides is 1. The van der Waals surface area contributed by atoms with Crippen LogP contribution in [-0.4, -0.2) is 25.5 Å². The topological polar surface area (TPSA) is 46.6 Å². The van der Waals surface area contributed by atoms with E-state index in [9.17, 15) is 9.59 Å². The van der Waals surface area contributed by atoms with Crippen molar-refractivity contribution >= 4 is 18.1 Å². The molecule has 15 heavy (non-hydrogen) atoms. The molecule has 0 fully saturated rings. The van der Waals surface area contributed by atoms with Gasteiger partial charge in [0, 0.05) is 5.69 Å². The molecule has 0 aliphatic rings. The molecule has 0 aliphatic heterocycles. The monoisotopic (exact) mass is 206 g/mol.